The van der Waals surface area contributed by atoms with Crippen molar-refractivity contribution in [1.29, 1.82) is 0 Å². The lowest BCUT2D eigenvalue weighted by molar-refractivity contribution is -0.123. The van der Waals surface area contributed by atoms with Gasteiger partial charge < -0.3 is 10.2 Å². The van der Waals surface area contributed by atoms with E-state index in [1.807, 2.05) is 43.3 Å². The van der Waals surface area contributed by atoms with E-state index in [-0.39, 0.29) is 18.4 Å². The number of pyridine rings is 1. The summed E-state index contributed by atoms with van der Waals surface area (Å²) in [7, 11) is 0. The molecule has 0 spiro atoms. The van der Waals surface area contributed by atoms with E-state index in [0.29, 0.717) is 6.54 Å². The molecule has 2 amide bonds. The molecule has 22 heavy (non-hydrogen) atoms. The van der Waals surface area contributed by atoms with Crippen LogP contribution in [0.5, 0.6) is 0 Å². The maximum atomic E-state index is 12.1. The monoisotopic (exact) mass is 297 g/mol. The molecule has 0 atom stereocenters. The van der Waals surface area contributed by atoms with Gasteiger partial charge in [0.2, 0.25) is 11.8 Å². The molecular formula is C17H19N3O2. The number of hydrogen-bond acceptors (Lipinski definition) is 3. The molecule has 0 saturated heterocycles. The molecule has 0 bridgehead atoms. The second-order valence-corrected chi connectivity index (χ2v) is 5.08. The summed E-state index contributed by atoms with van der Waals surface area (Å²) in [4.78, 5) is 29.3. The summed E-state index contributed by atoms with van der Waals surface area (Å²) in [5.74, 6) is -0.363. The molecule has 1 N–H and O–H groups in total. The van der Waals surface area contributed by atoms with Crippen molar-refractivity contribution < 1.29 is 9.59 Å². The summed E-state index contributed by atoms with van der Waals surface area (Å²) in [6.07, 6.45) is 3.35. The summed E-state index contributed by atoms with van der Waals surface area (Å²) in [5.41, 5.74) is 2.74. The zero-order chi connectivity index (χ0) is 15.9. The van der Waals surface area contributed by atoms with Crippen LogP contribution in [0.15, 0.2) is 48.8 Å². The maximum Gasteiger partial charge on any atom is 0.240 e. The first-order valence-electron chi connectivity index (χ1n) is 7.06. The first-order chi connectivity index (χ1) is 10.6. The van der Waals surface area contributed by atoms with Crippen molar-refractivity contribution in [2.24, 2.45) is 0 Å². The Kier molecular flexibility index (Phi) is 5.25. The van der Waals surface area contributed by atoms with E-state index >= 15 is 0 Å². The first kappa shape index (κ1) is 15.7. The topological polar surface area (TPSA) is 62.3 Å². The molecule has 0 aliphatic heterocycles. The lowest BCUT2D eigenvalue weighted by Crippen LogP contribution is -2.39. The molecule has 5 heteroatoms. The van der Waals surface area contributed by atoms with Crippen LogP contribution < -0.4 is 10.2 Å². The van der Waals surface area contributed by atoms with Gasteiger partial charge in [-0.25, -0.2) is 0 Å². The molecule has 1 aromatic carbocycles. The predicted octanol–water partition coefficient (Wildman–Crippen LogP) is 2.06. The third-order valence-electron chi connectivity index (χ3n) is 3.23. The van der Waals surface area contributed by atoms with Gasteiger partial charge in [-0.3, -0.25) is 14.6 Å². The molecule has 0 fully saturated rings. The van der Waals surface area contributed by atoms with Gasteiger partial charge in [-0.15, -0.1) is 0 Å². The van der Waals surface area contributed by atoms with E-state index in [1.165, 1.54) is 11.8 Å². The molecular weight excluding hydrogens is 278 g/mol. The number of carbonyl (C=O) groups is 2. The molecule has 0 saturated carbocycles. The highest BCUT2D eigenvalue weighted by Crippen LogP contribution is 2.15. The molecule has 1 aromatic heterocycles. The number of carbonyl (C=O) groups excluding carboxylic acids is 2. The summed E-state index contributed by atoms with van der Waals surface area (Å²) >= 11 is 0. The average molecular weight is 297 g/mol. The van der Waals surface area contributed by atoms with Gasteiger partial charge in [0.1, 0.15) is 6.54 Å². The number of hydrogen-bond donors (Lipinski definition) is 1. The van der Waals surface area contributed by atoms with Gasteiger partial charge in [0.15, 0.2) is 0 Å². The molecule has 1 heterocycles. The van der Waals surface area contributed by atoms with Crippen LogP contribution in [0.4, 0.5) is 5.69 Å². The van der Waals surface area contributed by atoms with Crippen LogP contribution >= 0.6 is 0 Å². The minimum absolute atomic E-state index is 0.00384. The first-order valence-corrected chi connectivity index (χ1v) is 7.06. The number of aromatic nitrogens is 1. The normalized spacial score (nSPS) is 10.1. The molecule has 114 valence electrons. The van der Waals surface area contributed by atoms with Crippen LogP contribution in [0.25, 0.3) is 0 Å². The fourth-order valence-corrected chi connectivity index (χ4v) is 2.08. The molecule has 2 aromatic rings. The SMILES string of the molecule is CC(=O)N(CC(=O)NCc1ccncc1)c1cccc(C)c1. The van der Waals surface area contributed by atoms with Crippen LogP contribution in [0.2, 0.25) is 0 Å². The smallest absolute Gasteiger partial charge is 0.240 e. The minimum Gasteiger partial charge on any atom is -0.350 e. The molecule has 5 nitrogen and oxygen atoms in total. The lowest BCUT2D eigenvalue weighted by atomic mass is 10.2. The Hall–Kier alpha value is -2.69. The Balaban J connectivity index is 1.99. The van der Waals surface area contributed by atoms with E-state index in [0.717, 1.165) is 16.8 Å². The zero-order valence-corrected chi connectivity index (χ0v) is 12.7. The van der Waals surface area contributed by atoms with Crippen molar-refractivity contribution >= 4 is 17.5 Å². The van der Waals surface area contributed by atoms with Crippen molar-refractivity contribution in [1.82, 2.24) is 10.3 Å². The van der Waals surface area contributed by atoms with Crippen LogP contribution in [0, 0.1) is 6.92 Å². The van der Waals surface area contributed by atoms with Crippen molar-refractivity contribution in [3.63, 3.8) is 0 Å². The Bertz CT molecular complexity index is 656. The number of aryl methyl sites for hydroxylation is 1. The highest BCUT2D eigenvalue weighted by Gasteiger charge is 2.15. The molecule has 2 rings (SSSR count). The summed E-state index contributed by atoms with van der Waals surface area (Å²) in [6, 6.07) is 11.2. The van der Waals surface area contributed by atoms with E-state index in [2.05, 4.69) is 10.3 Å². The zero-order valence-electron chi connectivity index (χ0n) is 12.7. The van der Waals surface area contributed by atoms with Gasteiger partial charge in [0.25, 0.3) is 0 Å². The number of nitrogens with one attached hydrogen (secondary N) is 1. The predicted molar refractivity (Wildman–Crippen MR) is 85.3 cm³/mol. The third kappa shape index (κ3) is 4.41. The Morgan fingerprint density at radius 1 is 1.18 bits per heavy atom. The fourth-order valence-electron chi connectivity index (χ4n) is 2.08. The third-order valence-corrected chi connectivity index (χ3v) is 3.23. The Morgan fingerprint density at radius 2 is 1.91 bits per heavy atom. The second kappa shape index (κ2) is 7.36. The van der Waals surface area contributed by atoms with E-state index in [4.69, 9.17) is 0 Å². The Labute approximate surface area is 130 Å². The highest BCUT2D eigenvalue weighted by molar-refractivity contribution is 5.97. The van der Waals surface area contributed by atoms with Crippen molar-refractivity contribution in [2.75, 3.05) is 11.4 Å². The quantitative estimate of drug-likeness (QED) is 0.919. The van der Waals surface area contributed by atoms with E-state index in [1.54, 1.807) is 12.4 Å². The van der Waals surface area contributed by atoms with Crippen LogP contribution in [0.3, 0.4) is 0 Å². The fraction of sp³-hybridized carbons (Fsp3) is 0.235. The average Bonchev–Trinajstić information content (AvgIpc) is 2.51. The van der Waals surface area contributed by atoms with Crippen LogP contribution in [0.1, 0.15) is 18.1 Å². The van der Waals surface area contributed by atoms with Gasteiger partial charge >= 0.3 is 0 Å². The van der Waals surface area contributed by atoms with Crippen molar-refractivity contribution in [3.05, 3.63) is 59.9 Å². The van der Waals surface area contributed by atoms with Crippen molar-refractivity contribution in [2.45, 2.75) is 20.4 Å². The van der Waals surface area contributed by atoms with Crippen LogP contribution in [-0.4, -0.2) is 23.3 Å². The van der Waals surface area contributed by atoms with E-state index < -0.39 is 0 Å². The molecule has 0 unspecified atom stereocenters. The van der Waals surface area contributed by atoms with Gasteiger partial charge in [0.05, 0.1) is 0 Å². The maximum absolute atomic E-state index is 12.1. The van der Waals surface area contributed by atoms with Gasteiger partial charge in [-0.2, -0.15) is 0 Å². The summed E-state index contributed by atoms with van der Waals surface area (Å²) in [6.45, 7) is 3.83. The standard InChI is InChI=1S/C17H19N3O2/c1-13-4-3-5-16(10-13)20(14(2)21)12-17(22)19-11-15-6-8-18-9-7-15/h3-10H,11-12H2,1-2H3,(H,19,22). The minimum atomic E-state index is -0.200. The van der Waals surface area contributed by atoms with E-state index in [9.17, 15) is 9.59 Å². The number of rotatable bonds is 5. The largest absolute Gasteiger partial charge is 0.350 e. The second-order valence-electron chi connectivity index (χ2n) is 5.08. The van der Waals surface area contributed by atoms with Gasteiger partial charge in [-0.05, 0) is 42.3 Å². The number of benzene rings is 1. The molecule has 0 radical (unpaired) electrons. The summed E-state index contributed by atoms with van der Waals surface area (Å²) < 4.78 is 0. The number of amides is 2. The van der Waals surface area contributed by atoms with Gasteiger partial charge in [0, 0.05) is 31.5 Å². The number of nitrogens with zero attached hydrogens (tertiary/aromatic N) is 2. The van der Waals surface area contributed by atoms with Gasteiger partial charge in [-0.1, -0.05) is 12.1 Å². The highest BCUT2D eigenvalue weighted by atomic mass is 16.2. The lowest BCUT2D eigenvalue weighted by Gasteiger charge is -2.21. The van der Waals surface area contributed by atoms with Crippen molar-refractivity contribution in [3.8, 4) is 0 Å². The van der Waals surface area contributed by atoms with Crippen LogP contribution in [-0.2, 0) is 16.1 Å². The molecule has 0 aliphatic rings. The Morgan fingerprint density at radius 3 is 2.55 bits per heavy atom. The number of anilines is 1. The summed E-state index contributed by atoms with van der Waals surface area (Å²) in [5, 5.41) is 2.81. The molecule has 0 aliphatic carbocycles.